The van der Waals surface area contributed by atoms with Crippen LogP contribution in [0.4, 0.5) is 10.9 Å². The summed E-state index contributed by atoms with van der Waals surface area (Å²) in [6.45, 7) is 4.16. The van der Waals surface area contributed by atoms with Gasteiger partial charge in [0.1, 0.15) is 10.8 Å². The third-order valence-electron chi connectivity index (χ3n) is 3.84. The Morgan fingerprint density at radius 3 is 2.81 bits per heavy atom. The van der Waals surface area contributed by atoms with Crippen LogP contribution in [0, 0.1) is 0 Å². The van der Waals surface area contributed by atoms with Gasteiger partial charge in [-0.05, 0) is 29.8 Å². The number of pyridine rings is 3. The fourth-order valence-electron chi connectivity index (χ4n) is 2.57. The zero-order valence-electron chi connectivity index (χ0n) is 14.2. The van der Waals surface area contributed by atoms with Crippen molar-refractivity contribution in [3.63, 3.8) is 0 Å². The lowest BCUT2D eigenvalue weighted by molar-refractivity contribution is 0.825. The SMILES string of the molecule is CC(C)c1nnc(Nc2ccc3nccc(-c4cc[nH]c(=O)c4)c3n2)s1. The van der Waals surface area contributed by atoms with E-state index in [0.29, 0.717) is 16.9 Å². The molecule has 8 heteroatoms. The molecular formula is C18H16N6OS. The molecule has 0 saturated carbocycles. The summed E-state index contributed by atoms with van der Waals surface area (Å²) >= 11 is 1.51. The minimum absolute atomic E-state index is 0.156. The third kappa shape index (κ3) is 3.18. The zero-order valence-corrected chi connectivity index (χ0v) is 15.0. The fourth-order valence-corrected chi connectivity index (χ4v) is 3.32. The van der Waals surface area contributed by atoms with Gasteiger partial charge >= 0.3 is 0 Å². The fraction of sp³-hybridized carbons (Fsp3) is 0.167. The molecule has 0 bridgehead atoms. The van der Waals surface area contributed by atoms with E-state index in [2.05, 4.69) is 44.3 Å². The first kappa shape index (κ1) is 16.3. The first-order valence-corrected chi connectivity index (χ1v) is 8.97. The molecule has 0 aliphatic carbocycles. The number of nitrogens with zero attached hydrogens (tertiary/aromatic N) is 4. The van der Waals surface area contributed by atoms with E-state index in [0.717, 1.165) is 27.2 Å². The van der Waals surface area contributed by atoms with Gasteiger partial charge in [-0.15, -0.1) is 10.2 Å². The van der Waals surface area contributed by atoms with Gasteiger partial charge in [0.2, 0.25) is 10.7 Å². The van der Waals surface area contributed by atoms with Crippen molar-refractivity contribution < 1.29 is 0 Å². The largest absolute Gasteiger partial charge is 0.329 e. The monoisotopic (exact) mass is 364 g/mol. The predicted molar refractivity (Wildman–Crippen MR) is 103 cm³/mol. The van der Waals surface area contributed by atoms with Gasteiger partial charge in [-0.1, -0.05) is 25.2 Å². The molecule has 26 heavy (non-hydrogen) atoms. The zero-order chi connectivity index (χ0) is 18.1. The van der Waals surface area contributed by atoms with Crippen molar-refractivity contribution in [3.8, 4) is 11.1 Å². The van der Waals surface area contributed by atoms with Crippen LogP contribution in [0.3, 0.4) is 0 Å². The number of hydrogen-bond donors (Lipinski definition) is 2. The number of aromatic nitrogens is 5. The van der Waals surface area contributed by atoms with Crippen LogP contribution in [0.2, 0.25) is 0 Å². The van der Waals surface area contributed by atoms with Gasteiger partial charge in [-0.25, -0.2) is 4.98 Å². The van der Waals surface area contributed by atoms with Crippen molar-refractivity contribution in [2.75, 3.05) is 5.32 Å². The van der Waals surface area contributed by atoms with Gasteiger partial charge in [-0.3, -0.25) is 9.78 Å². The summed E-state index contributed by atoms with van der Waals surface area (Å²) in [6.07, 6.45) is 3.34. The minimum Gasteiger partial charge on any atom is -0.329 e. The Bertz CT molecular complexity index is 1130. The van der Waals surface area contributed by atoms with Crippen LogP contribution in [0.25, 0.3) is 22.2 Å². The molecular weight excluding hydrogens is 348 g/mol. The Morgan fingerprint density at radius 2 is 2.04 bits per heavy atom. The Kier molecular flexibility index (Phi) is 4.18. The second-order valence-electron chi connectivity index (χ2n) is 6.09. The van der Waals surface area contributed by atoms with Gasteiger partial charge in [0.15, 0.2) is 0 Å². The quantitative estimate of drug-likeness (QED) is 0.573. The maximum Gasteiger partial charge on any atom is 0.248 e. The summed E-state index contributed by atoms with van der Waals surface area (Å²) < 4.78 is 0. The second-order valence-corrected chi connectivity index (χ2v) is 7.10. The Hall–Kier alpha value is -3.13. The van der Waals surface area contributed by atoms with Crippen molar-refractivity contribution in [1.29, 1.82) is 0 Å². The Morgan fingerprint density at radius 1 is 1.15 bits per heavy atom. The van der Waals surface area contributed by atoms with Crippen LogP contribution in [0.15, 0.2) is 47.5 Å². The highest BCUT2D eigenvalue weighted by atomic mass is 32.1. The number of rotatable bonds is 4. The number of hydrogen-bond acceptors (Lipinski definition) is 7. The molecule has 4 heterocycles. The molecule has 0 amide bonds. The molecule has 0 radical (unpaired) electrons. The molecule has 7 nitrogen and oxygen atoms in total. The van der Waals surface area contributed by atoms with Crippen molar-refractivity contribution in [2.24, 2.45) is 0 Å². The summed E-state index contributed by atoms with van der Waals surface area (Å²) in [6, 6.07) is 9.00. The minimum atomic E-state index is -0.156. The van der Waals surface area contributed by atoms with E-state index in [9.17, 15) is 4.79 Å². The van der Waals surface area contributed by atoms with E-state index in [1.807, 2.05) is 24.3 Å². The highest BCUT2D eigenvalue weighted by molar-refractivity contribution is 7.15. The number of aromatic amines is 1. The molecule has 4 rings (SSSR count). The van der Waals surface area contributed by atoms with E-state index >= 15 is 0 Å². The lowest BCUT2D eigenvalue weighted by Gasteiger charge is -2.07. The highest BCUT2D eigenvalue weighted by Gasteiger charge is 2.11. The van der Waals surface area contributed by atoms with Gasteiger partial charge in [-0.2, -0.15) is 0 Å². The van der Waals surface area contributed by atoms with Crippen LogP contribution in [0.5, 0.6) is 0 Å². The summed E-state index contributed by atoms with van der Waals surface area (Å²) in [5.41, 5.74) is 2.97. The summed E-state index contributed by atoms with van der Waals surface area (Å²) in [4.78, 5) is 23.3. The lowest BCUT2D eigenvalue weighted by atomic mass is 10.1. The van der Waals surface area contributed by atoms with Gasteiger partial charge < -0.3 is 10.3 Å². The highest BCUT2D eigenvalue weighted by Crippen LogP contribution is 2.28. The van der Waals surface area contributed by atoms with E-state index in [-0.39, 0.29) is 5.56 Å². The van der Waals surface area contributed by atoms with Gasteiger partial charge in [0.25, 0.3) is 0 Å². The van der Waals surface area contributed by atoms with Crippen LogP contribution in [-0.4, -0.2) is 25.1 Å². The molecule has 0 atom stereocenters. The number of H-pyrrole nitrogens is 1. The van der Waals surface area contributed by atoms with E-state index in [4.69, 9.17) is 0 Å². The maximum absolute atomic E-state index is 11.6. The molecule has 2 N–H and O–H groups in total. The third-order valence-corrected chi connectivity index (χ3v) is 4.98. The topological polar surface area (TPSA) is 96.5 Å². The average Bonchev–Trinajstić information content (AvgIpc) is 3.10. The molecule has 0 unspecified atom stereocenters. The van der Waals surface area contributed by atoms with Gasteiger partial charge in [0.05, 0.1) is 11.0 Å². The van der Waals surface area contributed by atoms with Crippen molar-refractivity contribution in [3.05, 3.63) is 58.1 Å². The molecule has 0 aliphatic rings. The maximum atomic E-state index is 11.6. The first-order chi connectivity index (χ1) is 12.6. The average molecular weight is 364 g/mol. The molecule has 4 aromatic rings. The standard InChI is InChI=1S/C18H16N6OS/c1-10(2)17-23-24-18(26-17)22-14-4-3-13-16(21-14)12(6-8-19-13)11-5-7-20-15(25)9-11/h3-10H,1-2H3,(H,20,25)(H,21,22,24). The first-order valence-electron chi connectivity index (χ1n) is 8.15. The van der Waals surface area contributed by atoms with Crippen LogP contribution >= 0.6 is 11.3 Å². The lowest BCUT2D eigenvalue weighted by Crippen LogP contribution is -2.02. The number of fused-ring (bicyclic) bond motifs is 1. The molecule has 0 spiro atoms. The molecule has 130 valence electrons. The second kappa shape index (κ2) is 6.64. The molecule has 0 aliphatic heterocycles. The number of anilines is 2. The number of nitrogens with one attached hydrogen (secondary N) is 2. The van der Waals surface area contributed by atoms with E-state index < -0.39 is 0 Å². The summed E-state index contributed by atoms with van der Waals surface area (Å²) in [5, 5.41) is 13.2. The Labute approximate surface area is 153 Å². The molecule has 0 aromatic carbocycles. The van der Waals surface area contributed by atoms with Crippen molar-refractivity contribution >= 4 is 33.3 Å². The normalized spacial score (nSPS) is 11.2. The summed E-state index contributed by atoms with van der Waals surface area (Å²) in [5.74, 6) is 0.989. The van der Waals surface area contributed by atoms with Crippen LogP contribution in [0.1, 0.15) is 24.8 Å². The van der Waals surface area contributed by atoms with E-state index in [1.165, 1.54) is 11.3 Å². The van der Waals surface area contributed by atoms with Gasteiger partial charge in [0, 0.05) is 29.9 Å². The molecule has 4 aromatic heterocycles. The predicted octanol–water partition coefficient (Wildman–Crippen LogP) is 3.70. The Balaban J connectivity index is 1.76. The van der Waals surface area contributed by atoms with E-state index in [1.54, 1.807) is 18.5 Å². The van der Waals surface area contributed by atoms with Crippen molar-refractivity contribution in [1.82, 2.24) is 25.1 Å². The van der Waals surface area contributed by atoms with Crippen LogP contribution < -0.4 is 10.9 Å². The smallest absolute Gasteiger partial charge is 0.248 e. The molecule has 0 fully saturated rings. The van der Waals surface area contributed by atoms with Crippen molar-refractivity contribution in [2.45, 2.75) is 19.8 Å². The summed E-state index contributed by atoms with van der Waals surface area (Å²) in [7, 11) is 0. The van der Waals surface area contributed by atoms with Crippen LogP contribution in [-0.2, 0) is 0 Å². The molecule has 0 saturated heterocycles.